The van der Waals surface area contributed by atoms with Crippen molar-refractivity contribution in [2.45, 2.75) is 31.2 Å². The SMILES string of the molecule is COc1cc(C(=O)N[C@@H](c2ccccn2)C(F)(F)F)ccc1OC1CCN(C)CC1. The molecule has 0 saturated carbocycles. The summed E-state index contributed by atoms with van der Waals surface area (Å²) in [4.78, 5) is 18.5. The van der Waals surface area contributed by atoms with Crippen molar-refractivity contribution in [2.24, 2.45) is 0 Å². The number of halogens is 3. The van der Waals surface area contributed by atoms with E-state index in [4.69, 9.17) is 9.47 Å². The number of likely N-dealkylation sites (tertiary alicyclic amines) is 1. The Labute approximate surface area is 173 Å². The highest BCUT2D eigenvalue weighted by atomic mass is 19.4. The van der Waals surface area contributed by atoms with Gasteiger partial charge in [0.15, 0.2) is 17.5 Å². The van der Waals surface area contributed by atoms with Gasteiger partial charge in [0.25, 0.3) is 5.91 Å². The highest BCUT2D eigenvalue weighted by Gasteiger charge is 2.43. The molecule has 0 spiro atoms. The highest BCUT2D eigenvalue weighted by molar-refractivity contribution is 5.95. The Morgan fingerprint density at radius 2 is 1.93 bits per heavy atom. The third-order valence-corrected chi connectivity index (χ3v) is 4.97. The number of hydrogen-bond acceptors (Lipinski definition) is 5. The van der Waals surface area contributed by atoms with Crippen LogP contribution in [0, 0.1) is 0 Å². The minimum absolute atomic E-state index is 0.0218. The number of benzene rings is 1. The number of piperidine rings is 1. The van der Waals surface area contributed by atoms with Crippen LogP contribution in [0.5, 0.6) is 11.5 Å². The fourth-order valence-electron chi connectivity index (χ4n) is 3.27. The summed E-state index contributed by atoms with van der Waals surface area (Å²) >= 11 is 0. The first-order valence-corrected chi connectivity index (χ1v) is 9.59. The van der Waals surface area contributed by atoms with Crippen molar-refractivity contribution in [2.75, 3.05) is 27.2 Å². The largest absolute Gasteiger partial charge is 0.493 e. The van der Waals surface area contributed by atoms with E-state index >= 15 is 0 Å². The average Bonchev–Trinajstić information content (AvgIpc) is 2.73. The zero-order valence-electron chi connectivity index (χ0n) is 16.8. The molecule has 1 aliphatic rings. The maximum Gasteiger partial charge on any atom is 0.414 e. The molecule has 2 heterocycles. The van der Waals surface area contributed by atoms with Gasteiger partial charge in [-0.2, -0.15) is 13.2 Å². The lowest BCUT2D eigenvalue weighted by molar-refractivity contribution is -0.156. The summed E-state index contributed by atoms with van der Waals surface area (Å²) < 4.78 is 51.7. The van der Waals surface area contributed by atoms with E-state index in [0.717, 1.165) is 25.9 Å². The van der Waals surface area contributed by atoms with Crippen molar-refractivity contribution < 1.29 is 27.4 Å². The lowest BCUT2D eigenvalue weighted by Crippen LogP contribution is -2.38. The topological polar surface area (TPSA) is 63.7 Å². The molecule has 0 radical (unpaired) electrons. The number of aromatic nitrogens is 1. The first-order chi connectivity index (χ1) is 14.3. The number of ether oxygens (including phenoxy) is 2. The second-order valence-corrected chi connectivity index (χ2v) is 7.19. The summed E-state index contributed by atoms with van der Waals surface area (Å²) in [5, 5.41) is 2.02. The van der Waals surface area contributed by atoms with Gasteiger partial charge in [-0.05, 0) is 50.2 Å². The van der Waals surface area contributed by atoms with Crippen molar-refractivity contribution in [1.29, 1.82) is 0 Å². The van der Waals surface area contributed by atoms with Crippen molar-refractivity contribution in [3.63, 3.8) is 0 Å². The number of carbonyl (C=O) groups excluding carboxylic acids is 1. The molecule has 1 amide bonds. The van der Waals surface area contributed by atoms with Gasteiger partial charge in [0, 0.05) is 24.8 Å². The number of hydrogen-bond donors (Lipinski definition) is 1. The molecule has 3 rings (SSSR count). The molecule has 1 fully saturated rings. The van der Waals surface area contributed by atoms with Crippen molar-refractivity contribution in [1.82, 2.24) is 15.2 Å². The highest BCUT2D eigenvalue weighted by Crippen LogP contribution is 2.33. The molecule has 1 atom stereocenters. The van der Waals surface area contributed by atoms with Gasteiger partial charge in [0.2, 0.25) is 0 Å². The van der Waals surface area contributed by atoms with E-state index in [1.54, 1.807) is 6.07 Å². The summed E-state index contributed by atoms with van der Waals surface area (Å²) in [5.41, 5.74) is -0.250. The number of pyridine rings is 1. The zero-order valence-corrected chi connectivity index (χ0v) is 16.8. The molecule has 0 unspecified atom stereocenters. The molecule has 1 aliphatic heterocycles. The molecule has 1 saturated heterocycles. The number of rotatable bonds is 6. The van der Waals surface area contributed by atoms with Crippen LogP contribution in [0.3, 0.4) is 0 Å². The van der Waals surface area contributed by atoms with Crippen LogP contribution in [0.1, 0.15) is 34.9 Å². The van der Waals surface area contributed by atoms with Gasteiger partial charge in [-0.1, -0.05) is 6.07 Å². The molecule has 1 N–H and O–H groups in total. The number of nitrogens with zero attached hydrogens (tertiary/aromatic N) is 2. The smallest absolute Gasteiger partial charge is 0.414 e. The third kappa shape index (κ3) is 5.41. The van der Waals surface area contributed by atoms with E-state index in [1.165, 1.54) is 43.6 Å². The summed E-state index contributed by atoms with van der Waals surface area (Å²) in [6.45, 7) is 1.83. The molecule has 2 aromatic rings. The van der Waals surface area contributed by atoms with E-state index in [0.29, 0.717) is 11.5 Å². The Bertz CT molecular complexity index is 854. The number of alkyl halides is 3. The molecular formula is C21H24F3N3O3. The van der Waals surface area contributed by atoms with Crippen LogP contribution in [0.25, 0.3) is 0 Å². The van der Waals surface area contributed by atoms with Crippen LogP contribution >= 0.6 is 0 Å². The quantitative estimate of drug-likeness (QED) is 0.769. The number of nitrogens with one attached hydrogen (secondary N) is 1. The van der Waals surface area contributed by atoms with Crippen LogP contribution in [0.15, 0.2) is 42.6 Å². The molecule has 1 aromatic heterocycles. The van der Waals surface area contributed by atoms with Gasteiger partial charge in [0.1, 0.15) is 6.10 Å². The summed E-state index contributed by atoms with van der Waals surface area (Å²) in [7, 11) is 3.47. The molecule has 162 valence electrons. The van der Waals surface area contributed by atoms with E-state index < -0.39 is 18.1 Å². The van der Waals surface area contributed by atoms with Crippen molar-refractivity contribution in [3.05, 3.63) is 53.9 Å². The van der Waals surface area contributed by atoms with Crippen LogP contribution in [-0.4, -0.2) is 55.3 Å². The predicted molar refractivity (Wildman–Crippen MR) is 105 cm³/mol. The van der Waals surface area contributed by atoms with Crippen molar-refractivity contribution in [3.8, 4) is 11.5 Å². The van der Waals surface area contributed by atoms with E-state index in [2.05, 4.69) is 9.88 Å². The normalized spacial score (nSPS) is 16.7. The molecule has 0 aliphatic carbocycles. The Balaban J connectivity index is 1.75. The van der Waals surface area contributed by atoms with E-state index in [1.807, 2.05) is 12.4 Å². The number of methoxy groups -OCH3 is 1. The lowest BCUT2D eigenvalue weighted by atomic mass is 10.1. The monoisotopic (exact) mass is 423 g/mol. The molecule has 1 aromatic carbocycles. The van der Waals surface area contributed by atoms with Gasteiger partial charge in [-0.15, -0.1) is 0 Å². The average molecular weight is 423 g/mol. The Hall–Kier alpha value is -2.81. The Morgan fingerprint density at radius 3 is 2.53 bits per heavy atom. The van der Waals surface area contributed by atoms with Crippen LogP contribution in [-0.2, 0) is 0 Å². The fraction of sp³-hybridized carbons (Fsp3) is 0.429. The van der Waals surface area contributed by atoms with Crippen LogP contribution in [0.2, 0.25) is 0 Å². The molecule has 9 heteroatoms. The van der Waals surface area contributed by atoms with Gasteiger partial charge >= 0.3 is 6.18 Å². The van der Waals surface area contributed by atoms with Gasteiger partial charge in [0.05, 0.1) is 12.8 Å². The van der Waals surface area contributed by atoms with Gasteiger partial charge in [-0.25, -0.2) is 0 Å². The third-order valence-electron chi connectivity index (χ3n) is 4.97. The fourth-order valence-corrected chi connectivity index (χ4v) is 3.27. The minimum Gasteiger partial charge on any atom is -0.493 e. The van der Waals surface area contributed by atoms with E-state index in [-0.39, 0.29) is 17.4 Å². The summed E-state index contributed by atoms with van der Waals surface area (Å²) in [6, 6.07) is 6.30. The van der Waals surface area contributed by atoms with Crippen LogP contribution in [0.4, 0.5) is 13.2 Å². The van der Waals surface area contributed by atoms with Gasteiger partial charge < -0.3 is 19.7 Å². The first kappa shape index (κ1) is 21.9. The second kappa shape index (κ2) is 9.34. The minimum atomic E-state index is -4.69. The molecule has 30 heavy (non-hydrogen) atoms. The zero-order chi connectivity index (χ0) is 21.7. The van der Waals surface area contributed by atoms with Crippen molar-refractivity contribution >= 4 is 5.91 Å². The summed E-state index contributed by atoms with van der Waals surface area (Å²) in [5.74, 6) is -0.129. The Morgan fingerprint density at radius 1 is 1.20 bits per heavy atom. The number of amides is 1. The van der Waals surface area contributed by atoms with Gasteiger partial charge in [-0.3, -0.25) is 9.78 Å². The molecule has 0 bridgehead atoms. The molecule has 6 nitrogen and oxygen atoms in total. The summed E-state index contributed by atoms with van der Waals surface area (Å²) in [6.07, 6.45) is -1.70. The lowest BCUT2D eigenvalue weighted by Gasteiger charge is -2.29. The predicted octanol–water partition coefficient (Wildman–Crippen LogP) is 3.60. The Kier molecular flexibility index (Phi) is 6.81. The number of carbonyl (C=O) groups is 1. The molecular weight excluding hydrogens is 399 g/mol. The van der Waals surface area contributed by atoms with Crippen LogP contribution < -0.4 is 14.8 Å². The van der Waals surface area contributed by atoms with E-state index in [9.17, 15) is 18.0 Å². The first-order valence-electron chi connectivity index (χ1n) is 9.59. The standard InChI is InChI=1S/C21H24F3N3O3/c1-27-11-8-15(9-12-27)30-17-7-6-14(13-18(17)29-2)20(28)26-19(21(22,23)24)16-5-3-4-10-25-16/h3-7,10,13,15,19H,8-9,11-12H2,1-2H3,(H,26,28)/t19-/m0/s1. The maximum absolute atomic E-state index is 13.5. The maximum atomic E-state index is 13.5. The second-order valence-electron chi connectivity index (χ2n) is 7.19.